The molecule has 1 aliphatic carbocycles. The van der Waals surface area contributed by atoms with Crippen molar-refractivity contribution in [3.05, 3.63) is 94.6 Å². The minimum absolute atomic E-state index is 0.175. The number of H-pyrrole nitrogens is 1. The van der Waals surface area contributed by atoms with Gasteiger partial charge in [0.05, 0.1) is 11.9 Å². The van der Waals surface area contributed by atoms with Gasteiger partial charge in [0, 0.05) is 12.5 Å². The van der Waals surface area contributed by atoms with Crippen LogP contribution in [-0.2, 0) is 22.2 Å². The lowest BCUT2D eigenvalue weighted by Crippen LogP contribution is -2.51. The molecule has 3 aromatic rings. The van der Waals surface area contributed by atoms with Crippen molar-refractivity contribution in [1.29, 1.82) is 0 Å². The van der Waals surface area contributed by atoms with Crippen LogP contribution in [0.3, 0.4) is 0 Å². The summed E-state index contributed by atoms with van der Waals surface area (Å²) in [6, 6.07) is 17.4. The molecule has 1 aromatic heterocycles. The Bertz CT molecular complexity index is 1080. The van der Waals surface area contributed by atoms with Gasteiger partial charge in [0.1, 0.15) is 11.4 Å². The number of hydrogen-bond acceptors (Lipinski definition) is 2. The standard InChI is InChI=1S/C27H31FN2O/c1-19-15-24-20(17-29-30-24)16-26(19,4)27(31-5,22-11-13-23(28)14-12-22)18-25(2,3)21-9-7-6-8-10-21/h6-15,17H,16,18H2,1-5H3,(H,29,30)/t26-,27+/m1/s1. The van der Waals surface area contributed by atoms with Crippen molar-refractivity contribution in [3.63, 3.8) is 0 Å². The van der Waals surface area contributed by atoms with E-state index in [2.05, 4.69) is 68.2 Å². The average molecular weight is 419 g/mol. The third-order valence-electron chi connectivity index (χ3n) is 7.32. The number of hydrogen-bond donors (Lipinski definition) is 1. The van der Waals surface area contributed by atoms with E-state index in [0.29, 0.717) is 0 Å². The molecular formula is C27H31FN2O. The van der Waals surface area contributed by atoms with Crippen LogP contribution in [0, 0.1) is 11.2 Å². The first-order valence-electron chi connectivity index (χ1n) is 10.8. The fourth-order valence-electron chi connectivity index (χ4n) is 5.31. The summed E-state index contributed by atoms with van der Waals surface area (Å²) in [5.41, 5.74) is 4.50. The summed E-state index contributed by atoms with van der Waals surface area (Å²) in [7, 11) is 1.79. The van der Waals surface area contributed by atoms with Crippen molar-refractivity contribution in [3.8, 4) is 0 Å². The summed E-state index contributed by atoms with van der Waals surface area (Å²) in [5.74, 6) is -0.241. The molecule has 4 heteroatoms. The fourth-order valence-corrected chi connectivity index (χ4v) is 5.31. The van der Waals surface area contributed by atoms with Gasteiger partial charge in [-0.2, -0.15) is 5.10 Å². The Balaban J connectivity index is 1.90. The Morgan fingerprint density at radius 2 is 1.74 bits per heavy atom. The van der Waals surface area contributed by atoms with Crippen molar-refractivity contribution in [2.45, 2.75) is 51.6 Å². The highest BCUT2D eigenvalue weighted by molar-refractivity contribution is 5.59. The molecule has 0 fully saturated rings. The molecule has 1 N–H and O–H groups in total. The second-order valence-electron chi connectivity index (χ2n) is 9.61. The molecule has 31 heavy (non-hydrogen) atoms. The predicted molar refractivity (Wildman–Crippen MR) is 123 cm³/mol. The maximum absolute atomic E-state index is 13.9. The Morgan fingerprint density at radius 1 is 1.06 bits per heavy atom. The van der Waals surface area contributed by atoms with Crippen LogP contribution in [0.2, 0.25) is 0 Å². The maximum atomic E-state index is 13.9. The molecule has 4 rings (SSSR count). The minimum Gasteiger partial charge on any atom is -0.373 e. The number of fused-ring (bicyclic) bond motifs is 1. The highest BCUT2D eigenvalue weighted by Gasteiger charge is 2.54. The molecule has 0 aliphatic heterocycles. The SMILES string of the molecule is CO[C@@](CC(C)(C)c1ccccc1)(c1ccc(F)cc1)[C@]1(C)Cc2cn[nH]c2C=C1C. The second kappa shape index (κ2) is 7.76. The average Bonchev–Trinajstić information content (AvgIpc) is 3.20. The van der Waals surface area contributed by atoms with E-state index in [-0.39, 0.29) is 16.6 Å². The molecule has 3 nitrogen and oxygen atoms in total. The van der Waals surface area contributed by atoms with Crippen molar-refractivity contribution in [1.82, 2.24) is 10.2 Å². The molecule has 162 valence electrons. The van der Waals surface area contributed by atoms with Crippen LogP contribution >= 0.6 is 0 Å². The van der Waals surface area contributed by atoms with Gasteiger partial charge in [-0.05, 0) is 60.1 Å². The van der Waals surface area contributed by atoms with Crippen molar-refractivity contribution in [2.75, 3.05) is 7.11 Å². The molecule has 2 atom stereocenters. The van der Waals surface area contributed by atoms with Crippen LogP contribution in [0.15, 0.2) is 66.4 Å². The molecule has 0 spiro atoms. The molecule has 0 amide bonds. The predicted octanol–water partition coefficient (Wildman–Crippen LogP) is 6.42. The van der Waals surface area contributed by atoms with Crippen molar-refractivity contribution < 1.29 is 9.13 Å². The van der Waals surface area contributed by atoms with E-state index in [1.165, 1.54) is 28.8 Å². The summed E-state index contributed by atoms with van der Waals surface area (Å²) >= 11 is 0. The highest BCUT2D eigenvalue weighted by Crippen LogP contribution is 2.57. The van der Waals surface area contributed by atoms with E-state index < -0.39 is 5.60 Å². The van der Waals surface area contributed by atoms with Gasteiger partial charge in [0.15, 0.2) is 0 Å². The van der Waals surface area contributed by atoms with Crippen LogP contribution in [0.4, 0.5) is 4.39 Å². The number of halogens is 1. The quantitative estimate of drug-likeness (QED) is 0.501. The lowest BCUT2D eigenvalue weighted by molar-refractivity contribution is -0.115. The largest absolute Gasteiger partial charge is 0.373 e. The molecule has 0 saturated heterocycles. The molecule has 0 bridgehead atoms. The van der Waals surface area contributed by atoms with E-state index in [1.54, 1.807) is 7.11 Å². The topological polar surface area (TPSA) is 37.9 Å². The van der Waals surface area contributed by atoms with E-state index >= 15 is 0 Å². The fraction of sp³-hybridized carbons (Fsp3) is 0.370. The normalized spacial score (nSPS) is 20.6. The van der Waals surface area contributed by atoms with Gasteiger partial charge >= 0.3 is 0 Å². The molecule has 1 aliphatic rings. The van der Waals surface area contributed by atoms with Crippen LogP contribution in [0.5, 0.6) is 0 Å². The Labute approximate surface area is 184 Å². The highest BCUT2D eigenvalue weighted by atomic mass is 19.1. The smallest absolute Gasteiger partial charge is 0.123 e. The zero-order valence-electron chi connectivity index (χ0n) is 19.0. The van der Waals surface area contributed by atoms with Crippen LogP contribution in [0.25, 0.3) is 6.08 Å². The molecule has 0 saturated carbocycles. The number of methoxy groups -OCH3 is 1. The van der Waals surface area contributed by atoms with Gasteiger partial charge in [-0.1, -0.05) is 68.8 Å². The summed E-state index contributed by atoms with van der Waals surface area (Å²) in [6.07, 6.45) is 5.61. The van der Waals surface area contributed by atoms with E-state index in [0.717, 1.165) is 24.1 Å². The Morgan fingerprint density at radius 3 is 2.39 bits per heavy atom. The number of nitrogens with zero attached hydrogens (tertiary/aromatic N) is 1. The number of nitrogens with one attached hydrogen (secondary N) is 1. The molecule has 0 unspecified atom stereocenters. The summed E-state index contributed by atoms with van der Waals surface area (Å²) in [5, 5.41) is 7.36. The van der Waals surface area contributed by atoms with Gasteiger partial charge in [-0.15, -0.1) is 0 Å². The van der Waals surface area contributed by atoms with Crippen LogP contribution < -0.4 is 0 Å². The summed E-state index contributed by atoms with van der Waals surface area (Å²) in [6.45, 7) is 8.95. The molecule has 0 radical (unpaired) electrons. The van der Waals surface area contributed by atoms with Gasteiger partial charge < -0.3 is 4.74 Å². The van der Waals surface area contributed by atoms with Crippen LogP contribution in [0.1, 0.15) is 56.5 Å². The summed E-state index contributed by atoms with van der Waals surface area (Å²) < 4.78 is 20.4. The lowest BCUT2D eigenvalue weighted by Gasteiger charge is -2.53. The number of rotatable bonds is 6. The first-order valence-corrected chi connectivity index (χ1v) is 10.8. The Kier molecular flexibility index (Phi) is 5.38. The zero-order valence-corrected chi connectivity index (χ0v) is 19.0. The number of aromatic nitrogens is 2. The molecular weight excluding hydrogens is 387 g/mol. The zero-order chi connectivity index (χ0) is 22.3. The Hall–Kier alpha value is -2.72. The minimum atomic E-state index is -0.671. The van der Waals surface area contributed by atoms with Crippen LogP contribution in [-0.4, -0.2) is 17.3 Å². The van der Waals surface area contributed by atoms with Crippen molar-refractivity contribution in [2.24, 2.45) is 5.41 Å². The van der Waals surface area contributed by atoms with Gasteiger partial charge in [0.25, 0.3) is 0 Å². The number of benzene rings is 2. The van der Waals surface area contributed by atoms with Gasteiger partial charge in [0.2, 0.25) is 0 Å². The number of aromatic amines is 1. The van der Waals surface area contributed by atoms with E-state index in [1.807, 2.05) is 24.4 Å². The summed E-state index contributed by atoms with van der Waals surface area (Å²) in [4.78, 5) is 0. The van der Waals surface area contributed by atoms with Gasteiger partial charge in [-0.25, -0.2) is 4.39 Å². The van der Waals surface area contributed by atoms with Gasteiger partial charge in [-0.3, -0.25) is 5.10 Å². The van der Waals surface area contributed by atoms with E-state index in [9.17, 15) is 4.39 Å². The number of ether oxygens (including phenoxy) is 1. The third-order valence-corrected chi connectivity index (χ3v) is 7.32. The lowest BCUT2D eigenvalue weighted by atomic mass is 9.56. The molecule has 2 aromatic carbocycles. The van der Waals surface area contributed by atoms with E-state index in [4.69, 9.17) is 4.74 Å². The monoisotopic (exact) mass is 418 g/mol. The second-order valence-corrected chi connectivity index (χ2v) is 9.61. The van der Waals surface area contributed by atoms with Crippen molar-refractivity contribution >= 4 is 6.08 Å². The maximum Gasteiger partial charge on any atom is 0.123 e. The first kappa shape index (κ1) is 21.5. The third kappa shape index (κ3) is 3.53. The first-order chi connectivity index (χ1) is 14.7. The molecule has 1 heterocycles.